The van der Waals surface area contributed by atoms with Gasteiger partial charge in [-0.1, -0.05) is 50.1 Å². The number of benzene rings is 1. The first-order valence-corrected chi connectivity index (χ1v) is 7.10. The first-order chi connectivity index (χ1) is 9.11. The minimum atomic E-state index is 0.452. The summed E-state index contributed by atoms with van der Waals surface area (Å²) in [5.41, 5.74) is 2.99. The average molecular weight is 275 g/mol. The quantitative estimate of drug-likeness (QED) is 0.783. The Balaban J connectivity index is 2.45. The lowest BCUT2D eigenvalue weighted by atomic mass is 10.00. The van der Waals surface area contributed by atoms with Gasteiger partial charge < -0.3 is 0 Å². The molecule has 0 aliphatic carbocycles. The molecule has 1 atom stereocenters. The SMILES string of the molecule is CCCC(C)c1cc(-c2ccccc2Cl)nc(C)n1. The van der Waals surface area contributed by atoms with Crippen LogP contribution in [0.5, 0.6) is 0 Å². The number of rotatable bonds is 4. The topological polar surface area (TPSA) is 25.8 Å². The molecule has 0 amide bonds. The van der Waals surface area contributed by atoms with Crippen LogP contribution in [0.1, 0.15) is 44.1 Å². The minimum absolute atomic E-state index is 0.452. The lowest BCUT2D eigenvalue weighted by Crippen LogP contribution is -2.02. The van der Waals surface area contributed by atoms with Crippen molar-refractivity contribution in [3.8, 4) is 11.3 Å². The number of aromatic nitrogens is 2. The maximum Gasteiger partial charge on any atom is 0.126 e. The van der Waals surface area contributed by atoms with E-state index in [4.69, 9.17) is 11.6 Å². The molecular weight excluding hydrogens is 256 g/mol. The van der Waals surface area contributed by atoms with Crippen LogP contribution in [-0.2, 0) is 0 Å². The molecule has 1 aromatic carbocycles. The molecule has 0 saturated heterocycles. The van der Waals surface area contributed by atoms with E-state index in [0.29, 0.717) is 5.92 Å². The van der Waals surface area contributed by atoms with Crippen LogP contribution >= 0.6 is 11.6 Å². The summed E-state index contributed by atoms with van der Waals surface area (Å²) >= 11 is 6.24. The van der Waals surface area contributed by atoms with Gasteiger partial charge >= 0.3 is 0 Å². The molecule has 0 bridgehead atoms. The molecule has 0 radical (unpaired) electrons. The molecule has 2 nitrogen and oxygen atoms in total. The maximum absolute atomic E-state index is 6.24. The molecule has 2 aromatic rings. The summed E-state index contributed by atoms with van der Waals surface area (Å²) in [6.45, 7) is 6.34. The van der Waals surface area contributed by atoms with E-state index < -0.39 is 0 Å². The zero-order valence-corrected chi connectivity index (χ0v) is 12.4. The molecule has 1 unspecified atom stereocenters. The maximum atomic E-state index is 6.24. The minimum Gasteiger partial charge on any atom is -0.238 e. The van der Waals surface area contributed by atoms with Crippen molar-refractivity contribution in [2.75, 3.05) is 0 Å². The van der Waals surface area contributed by atoms with Crippen LogP contribution in [0.15, 0.2) is 30.3 Å². The van der Waals surface area contributed by atoms with Crippen LogP contribution in [-0.4, -0.2) is 9.97 Å². The van der Waals surface area contributed by atoms with Gasteiger partial charge in [-0.3, -0.25) is 0 Å². The molecule has 0 aliphatic rings. The highest BCUT2D eigenvalue weighted by atomic mass is 35.5. The highest BCUT2D eigenvalue weighted by molar-refractivity contribution is 6.33. The normalized spacial score (nSPS) is 12.4. The monoisotopic (exact) mass is 274 g/mol. The third-order valence-corrected chi connectivity index (χ3v) is 3.56. The van der Waals surface area contributed by atoms with Gasteiger partial charge in [0.15, 0.2) is 0 Å². The van der Waals surface area contributed by atoms with Crippen molar-refractivity contribution in [3.63, 3.8) is 0 Å². The molecule has 1 heterocycles. The highest BCUT2D eigenvalue weighted by Crippen LogP contribution is 2.28. The molecule has 2 rings (SSSR count). The Bertz CT molecular complexity index is 566. The van der Waals surface area contributed by atoms with E-state index in [1.807, 2.05) is 31.2 Å². The second kappa shape index (κ2) is 6.16. The fraction of sp³-hybridized carbons (Fsp3) is 0.375. The third kappa shape index (κ3) is 3.32. The fourth-order valence-electron chi connectivity index (χ4n) is 2.23. The standard InChI is InChI=1S/C16H19ClN2/c1-4-7-11(2)15-10-16(19-12(3)18-15)13-8-5-6-9-14(13)17/h5-6,8-11H,4,7H2,1-3H3. The Hall–Kier alpha value is -1.41. The molecule has 100 valence electrons. The van der Waals surface area contributed by atoms with Gasteiger partial charge in [0.1, 0.15) is 5.82 Å². The Labute approximate surface area is 119 Å². The summed E-state index contributed by atoms with van der Waals surface area (Å²) in [4.78, 5) is 9.07. The van der Waals surface area contributed by atoms with Crippen molar-refractivity contribution in [1.82, 2.24) is 9.97 Å². The van der Waals surface area contributed by atoms with Gasteiger partial charge in [0.2, 0.25) is 0 Å². The van der Waals surface area contributed by atoms with Gasteiger partial charge in [0.05, 0.1) is 5.69 Å². The predicted octanol–water partition coefficient (Wildman–Crippen LogP) is 5.01. The number of hydrogen-bond acceptors (Lipinski definition) is 2. The van der Waals surface area contributed by atoms with Gasteiger partial charge in [-0.2, -0.15) is 0 Å². The van der Waals surface area contributed by atoms with E-state index in [1.54, 1.807) is 0 Å². The average Bonchev–Trinajstić information content (AvgIpc) is 2.39. The third-order valence-electron chi connectivity index (χ3n) is 3.23. The number of aryl methyl sites for hydroxylation is 1. The van der Waals surface area contributed by atoms with Crippen LogP contribution in [0, 0.1) is 6.92 Å². The molecule has 0 fully saturated rings. The highest BCUT2D eigenvalue weighted by Gasteiger charge is 2.11. The molecule has 0 saturated carbocycles. The number of hydrogen-bond donors (Lipinski definition) is 0. The molecule has 0 aliphatic heterocycles. The smallest absolute Gasteiger partial charge is 0.126 e. The zero-order chi connectivity index (χ0) is 13.8. The van der Waals surface area contributed by atoms with Crippen molar-refractivity contribution < 1.29 is 0 Å². The number of halogens is 1. The van der Waals surface area contributed by atoms with E-state index in [1.165, 1.54) is 0 Å². The second-order valence-electron chi connectivity index (χ2n) is 4.89. The molecule has 1 aromatic heterocycles. The molecule has 19 heavy (non-hydrogen) atoms. The number of nitrogens with zero attached hydrogens (tertiary/aromatic N) is 2. The summed E-state index contributed by atoms with van der Waals surface area (Å²) < 4.78 is 0. The fourth-order valence-corrected chi connectivity index (χ4v) is 2.46. The Morgan fingerprint density at radius 3 is 2.63 bits per heavy atom. The van der Waals surface area contributed by atoms with Crippen molar-refractivity contribution >= 4 is 11.6 Å². The summed E-state index contributed by atoms with van der Waals surface area (Å²) in [6, 6.07) is 9.87. The van der Waals surface area contributed by atoms with Crippen LogP contribution in [0.2, 0.25) is 5.02 Å². The van der Waals surface area contributed by atoms with E-state index >= 15 is 0 Å². The van der Waals surface area contributed by atoms with Crippen molar-refractivity contribution in [2.45, 2.75) is 39.5 Å². The van der Waals surface area contributed by atoms with E-state index in [9.17, 15) is 0 Å². The summed E-state index contributed by atoms with van der Waals surface area (Å²) in [5.74, 6) is 1.25. The van der Waals surface area contributed by atoms with Gasteiger partial charge in [0, 0.05) is 16.3 Å². The summed E-state index contributed by atoms with van der Waals surface area (Å²) in [7, 11) is 0. The first-order valence-electron chi connectivity index (χ1n) is 6.72. The van der Waals surface area contributed by atoms with Crippen LogP contribution < -0.4 is 0 Å². The first kappa shape index (κ1) is 14.0. The zero-order valence-electron chi connectivity index (χ0n) is 11.7. The van der Waals surface area contributed by atoms with E-state index in [-0.39, 0.29) is 0 Å². The predicted molar refractivity (Wildman–Crippen MR) is 80.5 cm³/mol. The Kier molecular flexibility index (Phi) is 4.54. The molecule has 0 spiro atoms. The Morgan fingerprint density at radius 1 is 1.21 bits per heavy atom. The van der Waals surface area contributed by atoms with Gasteiger partial charge in [-0.25, -0.2) is 9.97 Å². The lowest BCUT2D eigenvalue weighted by molar-refractivity contribution is 0.643. The van der Waals surface area contributed by atoms with Crippen molar-refractivity contribution in [3.05, 3.63) is 46.9 Å². The Morgan fingerprint density at radius 2 is 1.95 bits per heavy atom. The van der Waals surface area contributed by atoms with E-state index in [2.05, 4.69) is 29.9 Å². The molecular formula is C16H19ClN2. The second-order valence-corrected chi connectivity index (χ2v) is 5.30. The van der Waals surface area contributed by atoms with Gasteiger partial charge in [0.25, 0.3) is 0 Å². The van der Waals surface area contributed by atoms with E-state index in [0.717, 1.165) is 40.6 Å². The summed E-state index contributed by atoms with van der Waals surface area (Å²) in [6.07, 6.45) is 2.30. The lowest BCUT2D eigenvalue weighted by Gasteiger charge is -2.12. The summed E-state index contributed by atoms with van der Waals surface area (Å²) in [5, 5.41) is 0.731. The largest absolute Gasteiger partial charge is 0.238 e. The van der Waals surface area contributed by atoms with Gasteiger partial charge in [-0.05, 0) is 31.4 Å². The van der Waals surface area contributed by atoms with Crippen LogP contribution in [0.4, 0.5) is 0 Å². The van der Waals surface area contributed by atoms with Crippen molar-refractivity contribution in [1.29, 1.82) is 0 Å². The van der Waals surface area contributed by atoms with Crippen LogP contribution in [0.25, 0.3) is 11.3 Å². The molecule has 3 heteroatoms. The van der Waals surface area contributed by atoms with Crippen molar-refractivity contribution in [2.24, 2.45) is 0 Å². The van der Waals surface area contributed by atoms with Gasteiger partial charge in [-0.15, -0.1) is 0 Å². The molecule has 0 N–H and O–H groups in total. The van der Waals surface area contributed by atoms with Crippen LogP contribution in [0.3, 0.4) is 0 Å².